The Bertz CT molecular complexity index is 412. The van der Waals surface area contributed by atoms with Gasteiger partial charge in [0.1, 0.15) is 5.82 Å². The highest BCUT2D eigenvalue weighted by atomic mass is 35.5. The molecule has 2 aliphatic carbocycles. The smallest absolute Gasteiger partial charge is 0.109 e. The van der Waals surface area contributed by atoms with Crippen LogP contribution < -0.4 is 0 Å². The second kappa shape index (κ2) is 5.84. The number of rotatable bonds is 2. The van der Waals surface area contributed by atoms with Crippen molar-refractivity contribution < 1.29 is 5.11 Å². The lowest BCUT2D eigenvalue weighted by Gasteiger charge is -2.25. The molecule has 4 heteroatoms. The van der Waals surface area contributed by atoms with Crippen molar-refractivity contribution in [3.63, 3.8) is 0 Å². The second-order valence-corrected chi connectivity index (χ2v) is 6.81. The van der Waals surface area contributed by atoms with Crippen molar-refractivity contribution in [2.24, 2.45) is 0 Å². The lowest BCUT2D eigenvalue weighted by molar-refractivity contribution is 0.119. The molecule has 1 aromatic heterocycles. The molecular weight excluding hydrogens is 260 g/mol. The van der Waals surface area contributed by atoms with Gasteiger partial charge in [-0.2, -0.15) is 0 Å². The van der Waals surface area contributed by atoms with Crippen LogP contribution in [-0.4, -0.2) is 26.6 Å². The van der Waals surface area contributed by atoms with E-state index in [0.29, 0.717) is 17.2 Å². The first-order valence-electron chi connectivity index (χ1n) is 7.59. The fraction of sp³-hybridized carbons (Fsp3) is 0.800. The summed E-state index contributed by atoms with van der Waals surface area (Å²) in [6, 6.07) is 0. The zero-order valence-corrected chi connectivity index (χ0v) is 12.1. The topological polar surface area (TPSA) is 48.9 Å². The summed E-state index contributed by atoms with van der Waals surface area (Å²) in [5.41, 5.74) is 1.22. The lowest BCUT2D eigenvalue weighted by Crippen LogP contribution is -2.18. The molecule has 0 bridgehead atoms. The van der Waals surface area contributed by atoms with Crippen molar-refractivity contribution in [2.45, 2.75) is 74.7 Å². The fourth-order valence-electron chi connectivity index (χ4n) is 3.54. The van der Waals surface area contributed by atoms with Gasteiger partial charge in [-0.05, 0) is 44.9 Å². The highest BCUT2D eigenvalue weighted by Gasteiger charge is 2.26. The number of aromatic amines is 1. The maximum Gasteiger partial charge on any atom is 0.109 e. The van der Waals surface area contributed by atoms with Crippen molar-refractivity contribution in [3.05, 3.63) is 17.7 Å². The van der Waals surface area contributed by atoms with Crippen LogP contribution in [0.1, 0.15) is 74.7 Å². The maximum absolute atomic E-state index is 9.78. The van der Waals surface area contributed by atoms with Gasteiger partial charge in [-0.15, -0.1) is 11.6 Å². The molecule has 0 aliphatic heterocycles. The molecule has 0 spiro atoms. The van der Waals surface area contributed by atoms with Crippen LogP contribution in [0.5, 0.6) is 0 Å². The minimum Gasteiger partial charge on any atom is -0.393 e. The predicted octanol–water partition coefficient (Wildman–Crippen LogP) is 3.69. The number of nitrogens with one attached hydrogen (secondary N) is 1. The zero-order chi connectivity index (χ0) is 13.2. The summed E-state index contributed by atoms with van der Waals surface area (Å²) in [6.07, 6.45) is 10.5. The van der Waals surface area contributed by atoms with E-state index in [4.69, 9.17) is 11.6 Å². The third-order valence-corrected chi connectivity index (χ3v) is 5.18. The van der Waals surface area contributed by atoms with Gasteiger partial charge in [0.2, 0.25) is 0 Å². The third-order valence-electron chi connectivity index (χ3n) is 4.74. The summed E-state index contributed by atoms with van der Waals surface area (Å²) in [6.45, 7) is 0. The van der Waals surface area contributed by atoms with Gasteiger partial charge in [0.25, 0.3) is 0 Å². The number of alkyl halides is 1. The molecule has 3 rings (SSSR count). The molecule has 106 valence electrons. The SMILES string of the molecule is OC1CCCC(c2cnc(C3CCC(Cl)CC3)[nH]2)C1. The number of aliphatic hydroxyl groups excluding tert-OH is 1. The first-order valence-corrected chi connectivity index (χ1v) is 8.03. The number of H-pyrrole nitrogens is 1. The standard InChI is InChI=1S/C15H23ClN2O/c16-12-6-4-10(5-7-12)15-17-9-14(18-15)11-2-1-3-13(19)8-11/h9-13,19H,1-8H2,(H,17,18). The average molecular weight is 283 g/mol. The summed E-state index contributed by atoms with van der Waals surface area (Å²) in [7, 11) is 0. The van der Waals surface area contributed by atoms with E-state index < -0.39 is 0 Å². The molecule has 1 aromatic rings. The predicted molar refractivity (Wildman–Crippen MR) is 76.7 cm³/mol. The number of aromatic nitrogens is 2. The van der Waals surface area contributed by atoms with E-state index in [1.807, 2.05) is 6.20 Å². The van der Waals surface area contributed by atoms with Crippen LogP contribution in [0.3, 0.4) is 0 Å². The van der Waals surface area contributed by atoms with Gasteiger partial charge in [-0.1, -0.05) is 6.42 Å². The summed E-state index contributed by atoms with van der Waals surface area (Å²) in [5.74, 6) is 2.16. The third kappa shape index (κ3) is 3.14. The Labute approximate surface area is 119 Å². The number of imidazole rings is 1. The first kappa shape index (κ1) is 13.4. The summed E-state index contributed by atoms with van der Waals surface area (Å²) in [4.78, 5) is 8.11. The van der Waals surface area contributed by atoms with Crippen molar-refractivity contribution in [3.8, 4) is 0 Å². The number of hydrogen-bond donors (Lipinski definition) is 2. The molecule has 0 saturated heterocycles. The van der Waals surface area contributed by atoms with Gasteiger partial charge in [-0.3, -0.25) is 0 Å². The number of nitrogens with zero attached hydrogens (tertiary/aromatic N) is 1. The van der Waals surface area contributed by atoms with E-state index in [1.165, 1.54) is 12.1 Å². The van der Waals surface area contributed by atoms with Crippen molar-refractivity contribution in [2.75, 3.05) is 0 Å². The van der Waals surface area contributed by atoms with Gasteiger partial charge in [0.05, 0.1) is 6.10 Å². The molecule has 2 fully saturated rings. The molecule has 0 radical (unpaired) electrons. The first-order chi connectivity index (χ1) is 9.22. The number of aliphatic hydroxyl groups is 1. The molecule has 2 saturated carbocycles. The van der Waals surface area contributed by atoms with Gasteiger partial charge < -0.3 is 10.1 Å². The molecule has 1 heterocycles. The Morgan fingerprint density at radius 1 is 1.11 bits per heavy atom. The minimum atomic E-state index is -0.128. The van der Waals surface area contributed by atoms with E-state index in [9.17, 15) is 5.11 Å². The quantitative estimate of drug-likeness (QED) is 0.813. The van der Waals surface area contributed by atoms with E-state index in [0.717, 1.165) is 50.8 Å². The molecule has 2 aliphatic rings. The lowest BCUT2D eigenvalue weighted by atomic mass is 9.85. The van der Waals surface area contributed by atoms with Crippen molar-refractivity contribution in [1.82, 2.24) is 9.97 Å². The Balaban J connectivity index is 1.65. The number of halogens is 1. The van der Waals surface area contributed by atoms with E-state index in [1.54, 1.807) is 0 Å². The molecule has 2 N–H and O–H groups in total. The van der Waals surface area contributed by atoms with E-state index >= 15 is 0 Å². The van der Waals surface area contributed by atoms with Gasteiger partial charge >= 0.3 is 0 Å². The van der Waals surface area contributed by atoms with E-state index in [2.05, 4.69) is 9.97 Å². The summed E-state index contributed by atoms with van der Waals surface area (Å²) < 4.78 is 0. The van der Waals surface area contributed by atoms with Crippen LogP contribution in [0.4, 0.5) is 0 Å². The molecule has 3 nitrogen and oxygen atoms in total. The highest BCUT2D eigenvalue weighted by molar-refractivity contribution is 6.20. The summed E-state index contributed by atoms with van der Waals surface area (Å²) >= 11 is 6.15. The normalized spacial score (nSPS) is 36.3. The van der Waals surface area contributed by atoms with Crippen LogP contribution in [-0.2, 0) is 0 Å². The monoisotopic (exact) mass is 282 g/mol. The van der Waals surface area contributed by atoms with Crippen LogP contribution >= 0.6 is 11.6 Å². The van der Waals surface area contributed by atoms with Crippen LogP contribution in [0.2, 0.25) is 0 Å². The minimum absolute atomic E-state index is 0.128. The molecule has 0 amide bonds. The average Bonchev–Trinajstić information content (AvgIpc) is 2.89. The van der Waals surface area contributed by atoms with Gasteiger partial charge in [0.15, 0.2) is 0 Å². The van der Waals surface area contributed by atoms with Crippen LogP contribution in [0.25, 0.3) is 0 Å². The Hall–Kier alpha value is -0.540. The van der Waals surface area contributed by atoms with Crippen LogP contribution in [0.15, 0.2) is 6.20 Å². The largest absolute Gasteiger partial charge is 0.393 e. The molecule has 0 aromatic carbocycles. The fourth-order valence-corrected chi connectivity index (χ4v) is 3.79. The van der Waals surface area contributed by atoms with E-state index in [-0.39, 0.29) is 6.10 Å². The Kier molecular flexibility index (Phi) is 4.13. The van der Waals surface area contributed by atoms with Crippen LogP contribution in [0, 0.1) is 0 Å². The molecule has 19 heavy (non-hydrogen) atoms. The summed E-state index contributed by atoms with van der Waals surface area (Å²) in [5, 5.41) is 10.1. The molecule has 2 unspecified atom stereocenters. The molecule has 2 atom stereocenters. The van der Waals surface area contributed by atoms with Crippen molar-refractivity contribution in [1.29, 1.82) is 0 Å². The highest BCUT2D eigenvalue weighted by Crippen LogP contribution is 2.36. The Morgan fingerprint density at radius 2 is 1.89 bits per heavy atom. The number of hydrogen-bond acceptors (Lipinski definition) is 2. The second-order valence-electron chi connectivity index (χ2n) is 6.19. The zero-order valence-electron chi connectivity index (χ0n) is 11.3. The molecular formula is C15H23ClN2O. The van der Waals surface area contributed by atoms with Gasteiger partial charge in [0, 0.05) is 29.1 Å². The van der Waals surface area contributed by atoms with Gasteiger partial charge in [-0.25, -0.2) is 4.98 Å². The maximum atomic E-state index is 9.78. The van der Waals surface area contributed by atoms with Crippen molar-refractivity contribution >= 4 is 11.6 Å². The Morgan fingerprint density at radius 3 is 2.63 bits per heavy atom.